The minimum Gasteiger partial charge on any atom is -0.497 e. The maximum atomic E-state index is 13.9. The Labute approximate surface area is 260 Å². The molecule has 1 aliphatic heterocycles. The molecule has 11 heteroatoms. The van der Waals surface area contributed by atoms with Crippen LogP contribution in [0, 0.1) is 0 Å². The average Bonchev–Trinajstić information content (AvgIpc) is 3.36. The molecule has 2 amide bonds. The molecule has 0 bridgehead atoms. The Bertz CT molecular complexity index is 1610. The largest absolute Gasteiger partial charge is 0.497 e. The summed E-state index contributed by atoms with van der Waals surface area (Å²) >= 11 is 7.72. The summed E-state index contributed by atoms with van der Waals surface area (Å²) in [4.78, 5) is 28.6. The summed E-state index contributed by atoms with van der Waals surface area (Å²) in [5.41, 5.74) is 3.75. The Balaban J connectivity index is 1.82. The number of aromatic nitrogens is 2. The number of amides is 2. The zero-order chi connectivity index (χ0) is 30.5. The van der Waals surface area contributed by atoms with E-state index < -0.39 is 5.25 Å². The molecule has 0 radical (unpaired) electrons. The molecule has 1 aromatic heterocycles. The number of halogens is 1. The van der Waals surface area contributed by atoms with Gasteiger partial charge in [0.25, 0.3) is 0 Å². The van der Waals surface area contributed by atoms with Gasteiger partial charge >= 0.3 is 0 Å². The van der Waals surface area contributed by atoms with Crippen LogP contribution in [-0.4, -0.2) is 61.8 Å². The summed E-state index contributed by atoms with van der Waals surface area (Å²) in [6.45, 7) is 2.34. The van der Waals surface area contributed by atoms with Gasteiger partial charge in [-0.05, 0) is 61.0 Å². The van der Waals surface area contributed by atoms with Crippen molar-refractivity contribution in [1.29, 1.82) is 0 Å². The van der Waals surface area contributed by atoms with E-state index in [0.29, 0.717) is 46.0 Å². The molecule has 5 rings (SSSR count). The third-order valence-corrected chi connectivity index (χ3v) is 8.61. The number of ether oxygens (including phenoxy) is 3. The standard InChI is InChI=1S/C32H33ClN4O5S/c1-5-16-34-27(38)18-36-28(39)19-43-31(25-17-24(41-3)14-15-26(25)42-4)29-30(20-6-8-21(33)9-7-20)35-37(32(29)36)22-10-12-23(40-2)13-11-22/h6-15,17,31H,5,16,18-19H2,1-4H3,(H,34,38). The summed E-state index contributed by atoms with van der Waals surface area (Å²) in [5.74, 6) is 2.15. The molecule has 1 unspecified atom stereocenters. The summed E-state index contributed by atoms with van der Waals surface area (Å²) in [6, 6.07) is 20.4. The molecule has 0 spiro atoms. The van der Waals surface area contributed by atoms with Gasteiger partial charge in [-0.3, -0.25) is 14.5 Å². The van der Waals surface area contributed by atoms with E-state index >= 15 is 0 Å². The fourth-order valence-corrected chi connectivity index (χ4v) is 6.34. The minimum absolute atomic E-state index is 0.128. The first-order chi connectivity index (χ1) is 20.9. The van der Waals surface area contributed by atoms with Crippen molar-refractivity contribution in [3.05, 3.63) is 82.9 Å². The molecule has 2 heterocycles. The normalized spacial score (nSPS) is 14.6. The Morgan fingerprint density at radius 3 is 2.35 bits per heavy atom. The van der Waals surface area contributed by atoms with Gasteiger partial charge in [0, 0.05) is 28.3 Å². The van der Waals surface area contributed by atoms with Gasteiger partial charge in [-0.1, -0.05) is 30.7 Å². The monoisotopic (exact) mass is 620 g/mol. The second kappa shape index (κ2) is 13.4. The number of rotatable bonds is 10. The Kier molecular flexibility index (Phi) is 9.47. The van der Waals surface area contributed by atoms with E-state index in [4.69, 9.17) is 30.9 Å². The van der Waals surface area contributed by atoms with Crippen molar-refractivity contribution < 1.29 is 23.8 Å². The predicted octanol–water partition coefficient (Wildman–Crippen LogP) is 5.91. The molecule has 224 valence electrons. The molecule has 9 nitrogen and oxygen atoms in total. The van der Waals surface area contributed by atoms with E-state index in [9.17, 15) is 9.59 Å². The smallest absolute Gasteiger partial charge is 0.240 e. The summed E-state index contributed by atoms with van der Waals surface area (Å²) in [7, 11) is 4.83. The predicted molar refractivity (Wildman–Crippen MR) is 170 cm³/mol. The molecular formula is C32H33ClN4O5S. The van der Waals surface area contributed by atoms with Gasteiger partial charge in [0.05, 0.1) is 43.7 Å². The van der Waals surface area contributed by atoms with Crippen LogP contribution in [0.5, 0.6) is 17.2 Å². The molecule has 0 saturated heterocycles. The lowest BCUT2D eigenvalue weighted by atomic mass is 9.98. The van der Waals surface area contributed by atoms with E-state index in [1.165, 1.54) is 16.7 Å². The molecule has 4 aromatic rings. The van der Waals surface area contributed by atoms with Crippen LogP contribution in [0.1, 0.15) is 29.7 Å². The quantitative estimate of drug-likeness (QED) is 0.235. The SMILES string of the molecule is CCCNC(=O)CN1C(=O)CSC(c2cc(OC)ccc2OC)c2c(-c3ccc(Cl)cc3)nn(-c3ccc(OC)cc3)c21. The van der Waals surface area contributed by atoms with E-state index in [1.807, 2.05) is 73.7 Å². The van der Waals surface area contributed by atoms with Crippen molar-refractivity contribution in [3.8, 4) is 34.2 Å². The van der Waals surface area contributed by atoms with Crippen molar-refractivity contribution >= 4 is 41.0 Å². The summed E-state index contributed by atoms with van der Waals surface area (Å²) in [6.07, 6.45) is 0.781. The van der Waals surface area contributed by atoms with Crippen LogP contribution in [0.25, 0.3) is 16.9 Å². The van der Waals surface area contributed by atoms with E-state index in [1.54, 1.807) is 26.0 Å². The highest BCUT2D eigenvalue weighted by molar-refractivity contribution is 8.00. The number of thioether (sulfide) groups is 1. The van der Waals surface area contributed by atoms with Gasteiger partial charge in [-0.2, -0.15) is 5.10 Å². The van der Waals surface area contributed by atoms with Crippen LogP contribution in [0.15, 0.2) is 66.7 Å². The number of anilines is 1. The Hall–Kier alpha value is -4.15. The number of nitrogens with zero attached hydrogens (tertiary/aromatic N) is 3. The third kappa shape index (κ3) is 6.30. The number of hydrogen-bond donors (Lipinski definition) is 1. The molecule has 3 aromatic carbocycles. The highest BCUT2D eigenvalue weighted by Gasteiger charge is 2.38. The molecular weight excluding hydrogens is 588 g/mol. The maximum Gasteiger partial charge on any atom is 0.240 e. The van der Waals surface area contributed by atoms with Crippen molar-refractivity contribution in [2.24, 2.45) is 0 Å². The number of nitrogens with one attached hydrogen (secondary N) is 1. The second-order valence-corrected chi connectivity index (χ2v) is 11.4. The lowest BCUT2D eigenvalue weighted by Crippen LogP contribution is -2.42. The zero-order valence-corrected chi connectivity index (χ0v) is 26.0. The highest BCUT2D eigenvalue weighted by Crippen LogP contribution is 2.51. The summed E-state index contributed by atoms with van der Waals surface area (Å²) < 4.78 is 18.5. The topological polar surface area (TPSA) is 94.9 Å². The highest BCUT2D eigenvalue weighted by atomic mass is 35.5. The lowest BCUT2D eigenvalue weighted by Gasteiger charge is -2.23. The fourth-order valence-electron chi connectivity index (χ4n) is 5.00. The van der Waals surface area contributed by atoms with Crippen LogP contribution >= 0.6 is 23.4 Å². The zero-order valence-electron chi connectivity index (χ0n) is 24.4. The Morgan fingerprint density at radius 1 is 1.00 bits per heavy atom. The van der Waals surface area contributed by atoms with Crippen LogP contribution < -0.4 is 24.4 Å². The van der Waals surface area contributed by atoms with Crippen molar-refractivity contribution in [3.63, 3.8) is 0 Å². The van der Waals surface area contributed by atoms with Gasteiger partial charge in [0.1, 0.15) is 29.6 Å². The molecule has 43 heavy (non-hydrogen) atoms. The summed E-state index contributed by atoms with van der Waals surface area (Å²) in [5, 5.41) is 8.21. The first-order valence-corrected chi connectivity index (χ1v) is 15.2. The molecule has 0 fully saturated rings. The first-order valence-electron chi connectivity index (χ1n) is 13.8. The minimum atomic E-state index is -0.398. The number of carbonyl (C=O) groups is 2. The number of benzene rings is 3. The van der Waals surface area contributed by atoms with Crippen molar-refractivity contribution in [2.75, 3.05) is 45.1 Å². The van der Waals surface area contributed by atoms with E-state index in [0.717, 1.165) is 23.1 Å². The van der Waals surface area contributed by atoms with Crippen molar-refractivity contribution in [2.45, 2.75) is 18.6 Å². The van der Waals surface area contributed by atoms with Gasteiger partial charge in [-0.15, -0.1) is 11.8 Å². The lowest BCUT2D eigenvalue weighted by molar-refractivity contribution is -0.122. The van der Waals surface area contributed by atoms with Gasteiger partial charge < -0.3 is 19.5 Å². The van der Waals surface area contributed by atoms with Gasteiger partial charge in [0.2, 0.25) is 11.8 Å². The molecule has 1 N–H and O–H groups in total. The van der Waals surface area contributed by atoms with E-state index in [-0.39, 0.29) is 24.1 Å². The van der Waals surface area contributed by atoms with Gasteiger partial charge in [-0.25, -0.2) is 4.68 Å². The number of carbonyl (C=O) groups excluding carboxylic acids is 2. The molecule has 1 atom stereocenters. The Morgan fingerprint density at radius 2 is 1.70 bits per heavy atom. The number of fused-ring (bicyclic) bond motifs is 1. The third-order valence-electron chi connectivity index (χ3n) is 7.12. The van der Waals surface area contributed by atoms with Crippen LogP contribution in [0.4, 0.5) is 5.82 Å². The first kappa shape index (κ1) is 30.3. The van der Waals surface area contributed by atoms with Crippen LogP contribution in [0.2, 0.25) is 5.02 Å². The second-order valence-electron chi connectivity index (χ2n) is 9.83. The average molecular weight is 621 g/mol. The van der Waals surface area contributed by atoms with Crippen molar-refractivity contribution in [1.82, 2.24) is 15.1 Å². The molecule has 0 saturated carbocycles. The van der Waals surface area contributed by atoms with Crippen LogP contribution in [0.3, 0.4) is 0 Å². The molecule has 0 aliphatic carbocycles. The fraction of sp³-hybridized carbons (Fsp3) is 0.281. The van der Waals surface area contributed by atoms with Gasteiger partial charge in [0.15, 0.2) is 0 Å². The number of hydrogen-bond acceptors (Lipinski definition) is 7. The molecule has 1 aliphatic rings. The van der Waals surface area contributed by atoms with Crippen LogP contribution in [-0.2, 0) is 9.59 Å². The maximum absolute atomic E-state index is 13.9. The number of methoxy groups -OCH3 is 3. The van der Waals surface area contributed by atoms with E-state index in [2.05, 4.69) is 5.32 Å².